The van der Waals surface area contributed by atoms with Crippen molar-refractivity contribution in [3.05, 3.63) is 0 Å². The second kappa shape index (κ2) is 11.8. The summed E-state index contributed by atoms with van der Waals surface area (Å²) in [7, 11) is 3.66. The quantitative estimate of drug-likeness (QED) is 0.331. The van der Waals surface area contributed by atoms with Crippen LogP contribution in [-0.4, -0.2) is 88.9 Å². The van der Waals surface area contributed by atoms with Gasteiger partial charge in [-0.3, -0.25) is 4.99 Å². The van der Waals surface area contributed by atoms with Crippen LogP contribution in [0.25, 0.3) is 0 Å². The Labute approximate surface area is 160 Å². The second-order valence-corrected chi connectivity index (χ2v) is 7.93. The second-order valence-electron chi connectivity index (χ2n) is 7.93. The minimum absolute atomic E-state index is 0.425. The van der Waals surface area contributed by atoms with Crippen LogP contribution in [0.2, 0.25) is 0 Å². The topological polar surface area (TPSA) is 52.1 Å². The lowest BCUT2D eigenvalue weighted by atomic mass is 9.67. The first-order chi connectivity index (χ1) is 12.7. The number of nitrogens with one attached hydrogen (secondary N) is 2. The molecule has 0 aromatic heterocycles. The predicted molar refractivity (Wildman–Crippen MR) is 110 cm³/mol. The Morgan fingerprint density at radius 1 is 1.08 bits per heavy atom. The van der Waals surface area contributed by atoms with E-state index >= 15 is 0 Å². The number of piperazine rings is 1. The molecule has 2 fully saturated rings. The fraction of sp³-hybridized carbons (Fsp3) is 0.950. The maximum Gasteiger partial charge on any atom is 0.190 e. The molecule has 1 heterocycles. The highest BCUT2D eigenvalue weighted by atomic mass is 16.5. The van der Waals surface area contributed by atoms with Gasteiger partial charge in [0, 0.05) is 60.0 Å². The number of methoxy groups -OCH3 is 1. The summed E-state index contributed by atoms with van der Waals surface area (Å²) >= 11 is 0. The van der Waals surface area contributed by atoms with Gasteiger partial charge in [0.15, 0.2) is 5.96 Å². The highest BCUT2D eigenvalue weighted by Gasteiger charge is 2.36. The van der Waals surface area contributed by atoms with E-state index in [9.17, 15) is 0 Å². The van der Waals surface area contributed by atoms with Gasteiger partial charge in [-0.15, -0.1) is 0 Å². The lowest BCUT2D eigenvalue weighted by Gasteiger charge is -2.42. The number of hydrogen-bond donors (Lipinski definition) is 2. The van der Waals surface area contributed by atoms with E-state index in [4.69, 9.17) is 4.74 Å². The molecule has 0 spiro atoms. The van der Waals surface area contributed by atoms with Crippen molar-refractivity contribution in [3.8, 4) is 0 Å². The molecule has 0 atom stereocenters. The standard InChI is InChI=1S/C20H41N5O/c1-4-24-13-15-25(16-14-24)12-6-5-11-22-19(21-2)23-18-20(8-7-9-20)10-17-26-3/h4-18H2,1-3H3,(H2,21,22,23). The number of guanidine groups is 1. The molecule has 2 aliphatic rings. The third kappa shape index (κ3) is 7.05. The van der Waals surface area contributed by atoms with Crippen LogP contribution in [0.3, 0.4) is 0 Å². The van der Waals surface area contributed by atoms with Crippen LogP contribution < -0.4 is 10.6 Å². The molecule has 0 aromatic rings. The third-order valence-corrected chi connectivity index (χ3v) is 6.21. The van der Waals surface area contributed by atoms with E-state index in [1.807, 2.05) is 7.05 Å². The average Bonchev–Trinajstić information content (AvgIpc) is 2.65. The number of aliphatic imine (C=N–C) groups is 1. The Balaban J connectivity index is 1.53. The molecule has 0 amide bonds. The van der Waals surface area contributed by atoms with Crippen LogP contribution in [0.5, 0.6) is 0 Å². The van der Waals surface area contributed by atoms with Gasteiger partial charge in [0.1, 0.15) is 0 Å². The molecule has 152 valence electrons. The smallest absolute Gasteiger partial charge is 0.190 e. The number of rotatable bonds is 11. The summed E-state index contributed by atoms with van der Waals surface area (Å²) in [4.78, 5) is 9.53. The minimum Gasteiger partial charge on any atom is -0.385 e. The molecule has 26 heavy (non-hydrogen) atoms. The predicted octanol–water partition coefficient (Wildman–Crippen LogP) is 1.78. The zero-order chi connectivity index (χ0) is 18.7. The van der Waals surface area contributed by atoms with Crippen LogP contribution in [0.15, 0.2) is 4.99 Å². The maximum atomic E-state index is 5.28. The Bertz CT molecular complexity index is 403. The average molecular weight is 368 g/mol. The highest BCUT2D eigenvalue weighted by molar-refractivity contribution is 5.79. The van der Waals surface area contributed by atoms with Crippen molar-refractivity contribution in [3.63, 3.8) is 0 Å². The molecule has 0 bridgehead atoms. The van der Waals surface area contributed by atoms with Crippen molar-refractivity contribution >= 4 is 5.96 Å². The van der Waals surface area contributed by atoms with Crippen LogP contribution >= 0.6 is 0 Å². The van der Waals surface area contributed by atoms with E-state index in [1.54, 1.807) is 7.11 Å². The molecule has 2 N–H and O–H groups in total. The fourth-order valence-electron chi connectivity index (χ4n) is 4.00. The Morgan fingerprint density at radius 3 is 2.38 bits per heavy atom. The Morgan fingerprint density at radius 2 is 1.81 bits per heavy atom. The first-order valence-corrected chi connectivity index (χ1v) is 10.6. The van der Waals surface area contributed by atoms with Crippen molar-refractivity contribution in [1.82, 2.24) is 20.4 Å². The summed E-state index contributed by atoms with van der Waals surface area (Å²) in [5.74, 6) is 0.949. The van der Waals surface area contributed by atoms with Gasteiger partial charge in [0.2, 0.25) is 0 Å². The molecule has 0 radical (unpaired) electrons. The van der Waals surface area contributed by atoms with Crippen molar-refractivity contribution in [1.29, 1.82) is 0 Å². The van der Waals surface area contributed by atoms with E-state index in [2.05, 4.69) is 32.3 Å². The summed E-state index contributed by atoms with van der Waals surface area (Å²) in [6.07, 6.45) is 7.58. The number of likely N-dealkylation sites (N-methyl/N-ethyl adjacent to an activating group) is 1. The molecule has 1 aliphatic heterocycles. The van der Waals surface area contributed by atoms with Gasteiger partial charge in [-0.2, -0.15) is 0 Å². The number of ether oxygens (including phenoxy) is 1. The summed E-state index contributed by atoms with van der Waals surface area (Å²) < 4.78 is 5.28. The van der Waals surface area contributed by atoms with Gasteiger partial charge in [-0.25, -0.2) is 0 Å². The molecule has 6 heteroatoms. The number of unbranched alkanes of at least 4 members (excludes halogenated alkanes) is 1. The molecule has 0 aromatic carbocycles. The van der Waals surface area contributed by atoms with E-state index in [1.165, 1.54) is 71.4 Å². The minimum atomic E-state index is 0.425. The lowest BCUT2D eigenvalue weighted by Crippen LogP contribution is -2.47. The molecular weight excluding hydrogens is 326 g/mol. The molecule has 1 aliphatic carbocycles. The largest absolute Gasteiger partial charge is 0.385 e. The van der Waals surface area contributed by atoms with Crippen molar-refractivity contribution in [2.24, 2.45) is 10.4 Å². The molecule has 6 nitrogen and oxygen atoms in total. The zero-order valence-electron chi connectivity index (χ0n) is 17.4. The normalized spacial score (nSPS) is 21.4. The van der Waals surface area contributed by atoms with Gasteiger partial charge >= 0.3 is 0 Å². The number of hydrogen-bond acceptors (Lipinski definition) is 4. The van der Waals surface area contributed by atoms with Crippen LogP contribution in [0, 0.1) is 5.41 Å². The van der Waals surface area contributed by atoms with E-state index < -0.39 is 0 Å². The summed E-state index contributed by atoms with van der Waals surface area (Å²) in [6, 6.07) is 0. The monoisotopic (exact) mass is 367 g/mol. The van der Waals surface area contributed by atoms with Crippen LogP contribution in [0.4, 0.5) is 0 Å². The number of nitrogens with zero attached hydrogens (tertiary/aromatic N) is 3. The molecular formula is C20H41N5O. The van der Waals surface area contributed by atoms with Crippen molar-refractivity contribution in [2.45, 2.75) is 45.4 Å². The lowest BCUT2D eigenvalue weighted by molar-refractivity contribution is 0.0732. The van der Waals surface area contributed by atoms with Gasteiger partial charge in [-0.05, 0) is 50.6 Å². The van der Waals surface area contributed by atoms with E-state index in [0.29, 0.717) is 5.41 Å². The first-order valence-electron chi connectivity index (χ1n) is 10.6. The Hall–Kier alpha value is -0.850. The summed E-state index contributed by atoms with van der Waals surface area (Å²) in [5.41, 5.74) is 0.425. The van der Waals surface area contributed by atoms with Gasteiger partial charge in [-0.1, -0.05) is 13.3 Å². The van der Waals surface area contributed by atoms with Gasteiger partial charge < -0.3 is 25.2 Å². The fourth-order valence-corrected chi connectivity index (χ4v) is 4.00. The van der Waals surface area contributed by atoms with E-state index in [0.717, 1.165) is 32.1 Å². The van der Waals surface area contributed by atoms with Crippen molar-refractivity contribution in [2.75, 3.05) is 73.1 Å². The van der Waals surface area contributed by atoms with Crippen LogP contribution in [0.1, 0.15) is 45.4 Å². The van der Waals surface area contributed by atoms with Gasteiger partial charge in [0.25, 0.3) is 0 Å². The molecule has 0 unspecified atom stereocenters. The SMILES string of the molecule is CCN1CCN(CCCCNC(=NC)NCC2(CCOC)CCC2)CC1. The van der Waals surface area contributed by atoms with Crippen LogP contribution in [-0.2, 0) is 4.74 Å². The van der Waals surface area contributed by atoms with Crippen molar-refractivity contribution < 1.29 is 4.74 Å². The maximum absolute atomic E-state index is 5.28. The summed E-state index contributed by atoms with van der Waals surface area (Å²) in [5, 5.41) is 7.02. The highest BCUT2D eigenvalue weighted by Crippen LogP contribution is 2.43. The summed E-state index contributed by atoms with van der Waals surface area (Å²) in [6.45, 7) is 12.5. The zero-order valence-corrected chi connectivity index (χ0v) is 17.4. The van der Waals surface area contributed by atoms with Gasteiger partial charge in [0.05, 0.1) is 0 Å². The molecule has 1 saturated heterocycles. The first kappa shape index (κ1) is 21.5. The van der Waals surface area contributed by atoms with E-state index in [-0.39, 0.29) is 0 Å². The third-order valence-electron chi connectivity index (χ3n) is 6.21. The molecule has 2 rings (SSSR count). The Kier molecular flexibility index (Phi) is 9.72. The molecule has 1 saturated carbocycles.